The highest BCUT2D eigenvalue weighted by molar-refractivity contribution is 5.17. The lowest BCUT2D eigenvalue weighted by Gasteiger charge is -2.05. The first kappa shape index (κ1) is 11.5. The monoisotopic (exact) mass is 229 g/mol. The van der Waals surface area contributed by atoms with E-state index in [2.05, 4.69) is 15.3 Å². The van der Waals surface area contributed by atoms with Crippen molar-refractivity contribution in [1.82, 2.24) is 15.3 Å². The highest BCUT2D eigenvalue weighted by Gasteiger charge is 1.96. The van der Waals surface area contributed by atoms with Crippen molar-refractivity contribution in [2.45, 2.75) is 13.1 Å². The van der Waals surface area contributed by atoms with E-state index in [-0.39, 0.29) is 0 Å². The fourth-order valence-corrected chi connectivity index (χ4v) is 1.49. The molecule has 0 bridgehead atoms. The van der Waals surface area contributed by atoms with E-state index in [4.69, 9.17) is 4.74 Å². The average Bonchev–Trinajstić information content (AvgIpc) is 2.41. The summed E-state index contributed by atoms with van der Waals surface area (Å²) in [4.78, 5) is 8.13. The SMILES string of the molecule is COc1ccc(CNCc2ccncc2)cn1. The first-order chi connectivity index (χ1) is 8.38. The highest BCUT2D eigenvalue weighted by atomic mass is 16.5. The molecule has 0 aliphatic heterocycles. The van der Waals surface area contributed by atoms with Crippen molar-refractivity contribution in [3.63, 3.8) is 0 Å². The molecule has 0 fully saturated rings. The molecule has 17 heavy (non-hydrogen) atoms. The number of aromatic nitrogens is 2. The van der Waals surface area contributed by atoms with Gasteiger partial charge in [0.2, 0.25) is 5.88 Å². The molecule has 2 aromatic rings. The quantitative estimate of drug-likeness (QED) is 0.849. The molecule has 0 saturated heterocycles. The Labute approximate surface area is 101 Å². The fourth-order valence-electron chi connectivity index (χ4n) is 1.49. The van der Waals surface area contributed by atoms with Gasteiger partial charge in [-0.2, -0.15) is 0 Å². The van der Waals surface area contributed by atoms with Gasteiger partial charge < -0.3 is 10.1 Å². The molecule has 0 aromatic carbocycles. The second-order valence-corrected chi connectivity index (χ2v) is 3.67. The molecule has 1 N–H and O–H groups in total. The molecule has 2 aromatic heterocycles. The summed E-state index contributed by atoms with van der Waals surface area (Å²) in [5, 5.41) is 3.35. The molecule has 88 valence electrons. The van der Waals surface area contributed by atoms with Crippen molar-refractivity contribution in [2.75, 3.05) is 7.11 Å². The Balaban J connectivity index is 1.82. The first-order valence-corrected chi connectivity index (χ1v) is 5.47. The Bertz CT molecular complexity index is 442. The van der Waals surface area contributed by atoms with Gasteiger partial charge in [-0.1, -0.05) is 6.07 Å². The molecule has 0 atom stereocenters. The summed E-state index contributed by atoms with van der Waals surface area (Å²) in [5.41, 5.74) is 2.36. The van der Waals surface area contributed by atoms with E-state index in [9.17, 15) is 0 Å². The molecular weight excluding hydrogens is 214 g/mol. The van der Waals surface area contributed by atoms with Gasteiger partial charge in [-0.3, -0.25) is 4.98 Å². The largest absolute Gasteiger partial charge is 0.481 e. The molecule has 4 heteroatoms. The van der Waals surface area contributed by atoms with E-state index in [1.807, 2.05) is 30.5 Å². The smallest absolute Gasteiger partial charge is 0.212 e. The van der Waals surface area contributed by atoms with Crippen LogP contribution in [0.4, 0.5) is 0 Å². The molecule has 4 nitrogen and oxygen atoms in total. The minimum Gasteiger partial charge on any atom is -0.481 e. The lowest BCUT2D eigenvalue weighted by Crippen LogP contribution is -2.12. The van der Waals surface area contributed by atoms with Gasteiger partial charge >= 0.3 is 0 Å². The standard InChI is InChI=1S/C13H15N3O/c1-17-13-3-2-12(10-16-13)9-15-8-11-4-6-14-7-5-11/h2-7,10,15H,8-9H2,1H3. The number of nitrogens with zero attached hydrogens (tertiary/aromatic N) is 2. The Morgan fingerprint density at radius 3 is 2.47 bits per heavy atom. The van der Waals surface area contributed by atoms with Gasteiger partial charge in [0.25, 0.3) is 0 Å². The van der Waals surface area contributed by atoms with Crippen LogP contribution in [0, 0.1) is 0 Å². The summed E-state index contributed by atoms with van der Waals surface area (Å²) in [6, 6.07) is 7.87. The number of pyridine rings is 2. The van der Waals surface area contributed by atoms with Crippen molar-refractivity contribution >= 4 is 0 Å². The van der Waals surface area contributed by atoms with E-state index in [0.717, 1.165) is 18.7 Å². The lowest BCUT2D eigenvalue weighted by atomic mass is 10.2. The molecule has 0 aliphatic carbocycles. The number of methoxy groups -OCH3 is 1. The molecule has 0 unspecified atom stereocenters. The Hall–Kier alpha value is -1.94. The normalized spacial score (nSPS) is 10.2. The zero-order valence-corrected chi connectivity index (χ0v) is 9.76. The van der Waals surface area contributed by atoms with Gasteiger partial charge in [0, 0.05) is 37.7 Å². The van der Waals surface area contributed by atoms with Gasteiger partial charge in [-0.05, 0) is 23.3 Å². The van der Waals surface area contributed by atoms with E-state index in [1.54, 1.807) is 19.5 Å². The van der Waals surface area contributed by atoms with Gasteiger partial charge in [0.1, 0.15) is 0 Å². The Morgan fingerprint density at radius 1 is 1.06 bits per heavy atom. The summed E-state index contributed by atoms with van der Waals surface area (Å²) in [5.74, 6) is 0.642. The minimum atomic E-state index is 0.642. The third-order valence-electron chi connectivity index (χ3n) is 2.41. The van der Waals surface area contributed by atoms with Gasteiger partial charge in [-0.25, -0.2) is 4.98 Å². The Kier molecular flexibility index (Phi) is 4.05. The van der Waals surface area contributed by atoms with Gasteiger partial charge in [-0.15, -0.1) is 0 Å². The summed E-state index contributed by atoms with van der Waals surface area (Å²) in [7, 11) is 1.61. The number of ether oxygens (including phenoxy) is 1. The second-order valence-electron chi connectivity index (χ2n) is 3.67. The van der Waals surface area contributed by atoms with E-state index >= 15 is 0 Å². The maximum Gasteiger partial charge on any atom is 0.212 e. The summed E-state index contributed by atoms with van der Waals surface area (Å²) in [6.45, 7) is 1.62. The van der Waals surface area contributed by atoms with Crippen molar-refractivity contribution < 1.29 is 4.74 Å². The maximum atomic E-state index is 5.00. The zero-order chi connectivity index (χ0) is 11.9. The van der Waals surface area contributed by atoms with E-state index in [0.29, 0.717) is 5.88 Å². The maximum absolute atomic E-state index is 5.00. The van der Waals surface area contributed by atoms with Crippen LogP contribution in [0.5, 0.6) is 5.88 Å². The number of hydrogen-bond acceptors (Lipinski definition) is 4. The minimum absolute atomic E-state index is 0.642. The molecule has 0 amide bonds. The Morgan fingerprint density at radius 2 is 1.82 bits per heavy atom. The molecule has 2 rings (SSSR count). The molecule has 0 radical (unpaired) electrons. The third kappa shape index (κ3) is 3.53. The van der Waals surface area contributed by atoms with Gasteiger partial charge in [0.05, 0.1) is 7.11 Å². The molecule has 2 heterocycles. The molecular formula is C13H15N3O. The summed E-state index contributed by atoms with van der Waals surface area (Å²) in [6.07, 6.45) is 5.41. The van der Waals surface area contributed by atoms with Crippen LogP contribution >= 0.6 is 0 Å². The average molecular weight is 229 g/mol. The highest BCUT2D eigenvalue weighted by Crippen LogP contribution is 2.06. The van der Waals surface area contributed by atoms with Crippen LogP contribution in [0.2, 0.25) is 0 Å². The van der Waals surface area contributed by atoms with Crippen LogP contribution in [-0.2, 0) is 13.1 Å². The predicted molar refractivity (Wildman–Crippen MR) is 65.6 cm³/mol. The molecule has 0 aliphatic rings. The van der Waals surface area contributed by atoms with Crippen LogP contribution in [0.1, 0.15) is 11.1 Å². The van der Waals surface area contributed by atoms with Gasteiger partial charge in [0.15, 0.2) is 0 Å². The summed E-state index contributed by atoms with van der Waals surface area (Å²) >= 11 is 0. The van der Waals surface area contributed by atoms with Crippen LogP contribution < -0.4 is 10.1 Å². The van der Waals surface area contributed by atoms with Crippen molar-refractivity contribution in [1.29, 1.82) is 0 Å². The number of nitrogens with one attached hydrogen (secondary N) is 1. The zero-order valence-electron chi connectivity index (χ0n) is 9.76. The van der Waals surface area contributed by atoms with Crippen molar-refractivity contribution in [3.05, 3.63) is 54.0 Å². The van der Waals surface area contributed by atoms with E-state index < -0.39 is 0 Å². The first-order valence-electron chi connectivity index (χ1n) is 5.47. The topological polar surface area (TPSA) is 47.0 Å². The predicted octanol–water partition coefficient (Wildman–Crippen LogP) is 1.77. The van der Waals surface area contributed by atoms with Crippen molar-refractivity contribution in [3.8, 4) is 5.88 Å². The lowest BCUT2D eigenvalue weighted by molar-refractivity contribution is 0.397. The summed E-state index contributed by atoms with van der Waals surface area (Å²) < 4.78 is 5.00. The molecule has 0 spiro atoms. The number of hydrogen-bond donors (Lipinski definition) is 1. The van der Waals surface area contributed by atoms with E-state index in [1.165, 1.54) is 5.56 Å². The van der Waals surface area contributed by atoms with Crippen molar-refractivity contribution in [2.24, 2.45) is 0 Å². The third-order valence-corrected chi connectivity index (χ3v) is 2.41. The number of rotatable bonds is 5. The van der Waals surface area contributed by atoms with Crippen LogP contribution in [0.3, 0.4) is 0 Å². The van der Waals surface area contributed by atoms with Crippen LogP contribution in [0.25, 0.3) is 0 Å². The fraction of sp³-hybridized carbons (Fsp3) is 0.231. The molecule has 0 saturated carbocycles. The van der Waals surface area contributed by atoms with Crippen LogP contribution in [0.15, 0.2) is 42.9 Å². The van der Waals surface area contributed by atoms with Crippen LogP contribution in [-0.4, -0.2) is 17.1 Å². The second kappa shape index (κ2) is 5.96.